The Balaban J connectivity index is 1.50. The lowest BCUT2D eigenvalue weighted by atomic mass is 10.1. The molecular formula is C21H28N4O3+2. The molecule has 1 aromatic heterocycles. The second-order valence-corrected chi connectivity index (χ2v) is 6.99. The molecule has 0 bridgehead atoms. The van der Waals surface area contributed by atoms with Gasteiger partial charge in [-0.05, 0) is 11.6 Å². The number of aromatic nitrogens is 1. The summed E-state index contributed by atoms with van der Waals surface area (Å²) >= 11 is 0. The number of H-pyrrole nitrogens is 1. The molecule has 28 heavy (non-hydrogen) atoms. The molecule has 0 radical (unpaired) electrons. The van der Waals surface area contributed by atoms with Crippen molar-refractivity contribution in [2.45, 2.75) is 12.5 Å². The van der Waals surface area contributed by atoms with Gasteiger partial charge < -0.3 is 15.0 Å². The monoisotopic (exact) mass is 384 g/mol. The smallest absolute Gasteiger partial charge is 0.328 e. The van der Waals surface area contributed by atoms with Gasteiger partial charge in [-0.15, -0.1) is 0 Å². The number of carbonyl (C=O) groups excluding carboxylic acids is 2. The highest BCUT2D eigenvalue weighted by Crippen LogP contribution is 2.05. The van der Waals surface area contributed by atoms with Crippen LogP contribution in [-0.2, 0) is 20.7 Å². The first-order valence-electron chi connectivity index (χ1n) is 9.62. The van der Waals surface area contributed by atoms with E-state index in [9.17, 15) is 9.59 Å². The Morgan fingerprint density at radius 2 is 1.86 bits per heavy atom. The molecule has 1 saturated heterocycles. The number of benzene rings is 1. The summed E-state index contributed by atoms with van der Waals surface area (Å²) in [4.78, 5) is 31.4. The maximum atomic E-state index is 12.5. The van der Waals surface area contributed by atoms with Crippen molar-refractivity contribution in [3.63, 3.8) is 0 Å². The molecule has 7 heteroatoms. The van der Waals surface area contributed by atoms with Crippen LogP contribution in [0.5, 0.6) is 0 Å². The molecule has 0 aliphatic carbocycles. The van der Waals surface area contributed by atoms with Crippen molar-refractivity contribution in [1.82, 2.24) is 5.32 Å². The summed E-state index contributed by atoms with van der Waals surface area (Å²) in [6.45, 7) is 3.87. The Morgan fingerprint density at radius 3 is 2.50 bits per heavy atom. The molecule has 2 aromatic rings. The SMILES string of the molecule is COC(=O)[C@@H](Cc1ccccc1)NC(=O)C[NH+]1CCN(c2cccc[nH+]2)CC1. The van der Waals surface area contributed by atoms with Gasteiger partial charge in [-0.2, -0.15) is 0 Å². The molecule has 2 heterocycles. The van der Waals surface area contributed by atoms with E-state index in [0.29, 0.717) is 13.0 Å². The van der Waals surface area contributed by atoms with Crippen molar-refractivity contribution < 1.29 is 24.2 Å². The van der Waals surface area contributed by atoms with Crippen LogP contribution in [0.2, 0.25) is 0 Å². The van der Waals surface area contributed by atoms with Crippen LogP contribution in [0.1, 0.15) is 5.56 Å². The number of methoxy groups -OCH3 is 1. The summed E-state index contributed by atoms with van der Waals surface area (Å²) < 4.78 is 4.87. The standard InChI is InChI=1S/C21H26N4O3/c1-28-21(27)18(15-17-7-3-2-4-8-17)23-20(26)16-24-11-13-25(14-12-24)19-9-5-6-10-22-19/h2-10,18H,11-16H2,1H3,(H,23,26)/p+2/t18-/m1/s1. The fraction of sp³-hybridized carbons (Fsp3) is 0.381. The number of quaternary nitrogens is 1. The molecule has 1 aliphatic heterocycles. The van der Waals surface area contributed by atoms with Crippen LogP contribution in [0, 0.1) is 0 Å². The number of amides is 1. The van der Waals surface area contributed by atoms with E-state index in [2.05, 4.69) is 21.3 Å². The highest BCUT2D eigenvalue weighted by molar-refractivity contribution is 5.85. The minimum atomic E-state index is -0.667. The zero-order valence-electron chi connectivity index (χ0n) is 16.2. The van der Waals surface area contributed by atoms with Gasteiger partial charge in [0.15, 0.2) is 6.54 Å². The van der Waals surface area contributed by atoms with Gasteiger partial charge >= 0.3 is 5.97 Å². The summed E-state index contributed by atoms with van der Waals surface area (Å²) in [5.41, 5.74) is 0.985. The molecule has 1 fully saturated rings. The van der Waals surface area contributed by atoms with E-state index in [1.54, 1.807) is 0 Å². The number of esters is 1. The number of pyridine rings is 1. The van der Waals surface area contributed by atoms with Crippen molar-refractivity contribution >= 4 is 17.7 Å². The van der Waals surface area contributed by atoms with Gasteiger partial charge in [0, 0.05) is 12.5 Å². The number of hydrogen-bond acceptors (Lipinski definition) is 4. The first-order chi connectivity index (χ1) is 13.7. The molecule has 1 aromatic carbocycles. The second kappa shape index (κ2) is 9.85. The van der Waals surface area contributed by atoms with E-state index in [1.165, 1.54) is 12.0 Å². The number of nitrogens with one attached hydrogen (secondary N) is 3. The average molecular weight is 384 g/mol. The highest BCUT2D eigenvalue weighted by atomic mass is 16.5. The first kappa shape index (κ1) is 19.8. The molecule has 1 atom stereocenters. The fourth-order valence-corrected chi connectivity index (χ4v) is 3.48. The van der Waals surface area contributed by atoms with E-state index < -0.39 is 12.0 Å². The number of carbonyl (C=O) groups is 2. The summed E-state index contributed by atoms with van der Waals surface area (Å²) in [5.74, 6) is 0.553. The van der Waals surface area contributed by atoms with E-state index in [4.69, 9.17) is 4.74 Å². The van der Waals surface area contributed by atoms with Crippen LogP contribution in [0.25, 0.3) is 0 Å². The van der Waals surface area contributed by atoms with Crippen LogP contribution in [0.15, 0.2) is 54.7 Å². The molecular weight excluding hydrogens is 356 g/mol. The first-order valence-corrected chi connectivity index (χ1v) is 9.62. The minimum absolute atomic E-state index is 0.124. The summed E-state index contributed by atoms with van der Waals surface area (Å²) in [5, 5.41) is 2.85. The van der Waals surface area contributed by atoms with Crippen LogP contribution < -0.4 is 20.1 Å². The number of piperazine rings is 1. The minimum Gasteiger partial charge on any atom is -0.467 e. The van der Waals surface area contributed by atoms with Crippen LogP contribution in [-0.4, -0.2) is 57.8 Å². The fourth-order valence-electron chi connectivity index (χ4n) is 3.48. The van der Waals surface area contributed by atoms with Gasteiger partial charge in [-0.25, -0.2) is 9.78 Å². The summed E-state index contributed by atoms with van der Waals surface area (Å²) in [6.07, 6.45) is 2.34. The van der Waals surface area contributed by atoms with E-state index in [-0.39, 0.29) is 5.91 Å². The molecule has 3 rings (SSSR count). The van der Waals surface area contributed by atoms with Gasteiger partial charge in [-0.1, -0.05) is 36.4 Å². The Kier molecular flexibility index (Phi) is 6.97. The third-order valence-electron chi connectivity index (χ3n) is 5.02. The second-order valence-electron chi connectivity index (χ2n) is 6.99. The molecule has 0 spiro atoms. The Morgan fingerprint density at radius 1 is 1.14 bits per heavy atom. The van der Waals surface area contributed by atoms with Crippen LogP contribution in [0.4, 0.5) is 5.82 Å². The van der Waals surface area contributed by atoms with Crippen molar-refractivity contribution in [2.24, 2.45) is 0 Å². The Bertz CT molecular complexity index is 762. The molecule has 1 aliphatic rings. The average Bonchev–Trinajstić information content (AvgIpc) is 2.74. The molecule has 0 saturated carbocycles. The van der Waals surface area contributed by atoms with Gasteiger partial charge in [0.05, 0.1) is 13.3 Å². The van der Waals surface area contributed by atoms with Gasteiger partial charge in [-0.3, -0.25) is 9.69 Å². The molecule has 0 unspecified atom stereocenters. The third kappa shape index (κ3) is 5.53. The van der Waals surface area contributed by atoms with Crippen LogP contribution >= 0.6 is 0 Å². The number of rotatable bonds is 7. The van der Waals surface area contributed by atoms with E-state index in [0.717, 1.165) is 37.6 Å². The largest absolute Gasteiger partial charge is 0.467 e. The lowest BCUT2D eigenvalue weighted by Gasteiger charge is -2.28. The Labute approximate surface area is 165 Å². The third-order valence-corrected chi connectivity index (χ3v) is 5.02. The topological polar surface area (TPSA) is 77.2 Å². The van der Waals surface area contributed by atoms with Crippen molar-refractivity contribution in [1.29, 1.82) is 0 Å². The number of anilines is 1. The lowest BCUT2D eigenvalue weighted by molar-refractivity contribution is -0.892. The van der Waals surface area contributed by atoms with Gasteiger partial charge in [0.25, 0.3) is 11.7 Å². The van der Waals surface area contributed by atoms with Crippen molar-refractivity contribution in [2.75, 3.05) is 44.7 Å². The maximum Gasteiger partial charge on any atom is 0.328 e. The predicted molar refractivity (Wildman–Crippen MR) is 105 cm³/mol. The van der Waals surface area contributed by atoms with Gasteiger partial charge in [0.2, 0.25) is 0 Å². The van der Waals surface area contributed by atoms with Crippen molar-refractivity contribution in [3.8, 4) is 0 Å². The molecule has 7 nitrogen and oxygen atoms in total. The number of ether oxygens (including phenoxy) is 1. The molecule has 3 N–H and O–H groups in total. The lowest BCUT2D eigenvalue weighted by Crippen LogP contribution is -3.16. The molecule has 148 valence electrons. The van der Waals surface area contributed by atoms with Crippen LogP contribution in [0.3, 0.4) is 0 Å². The van der Waals surface area contributed by atoms with E-state index >= 15 is 0 Å². The zero-order chi connectivity index (χ0) is 19.8. The summed E-state index contributed by atoms with van der Waals surface area (Å²) in [6, 6.07) is 15.0. The number of hydrogen-bond donors (Lipinski definition) is 2. The number of nitrogens with zero attached hydrogens (tertiary/aromatic N) is 1. The van der Waals surface area contributed by atoms with Gasteiger partial charge in [0.1, 0.15) is 32.2 Å². The molecule has 1 amide bonds. The quantitative estimate of drug-likeness (QED) is 0.607. The van der Waals surface area contributed by atoms with E-state index in [1.807, 2.05) is 48.7 Å². The Hall–Kier alpha value is -2.93. The normalized spacial score (nSPS) is 15.7. The zero-order valence-corrected chi connectivity index (χ0v) is 16.2. The van der Waals surface area contributed by atoms with Crippen molar-refractivity contribution in [3.05, 3.63) is 60.3 Å². The maximum absolute atomic E-state index is 12.5. The number of aromatic amines is 1. The predicted octanol–water partition coefficient (Wildman–Crippen LogP) is -0.894. The highest BCUT2D eigenvalue weighted by Gasteiger charge is 2.29. The summed E-state index contributed by atoms with van der Waals surface area (Å²) in [7, 11) is 1.34.